The number of halogens is 1. The second-order valence-corrected chi connectivity index (χ2v) is 12.3. The van der Waals surface area contributed by atoms with Gasteiger partial charge in [0.2, 0.25) is 0 Å². The van der Waals surface area contributed by atoms with Crippen LogP contribution in [0.3, 0.4) is 0 Å². The number of carbonyl (C=O) groups excluding carboxylic acids is 1. The topological polar surface area (TPSA) is 109 Å². The fourth-order valence-corrected chi connectivity index (χ4v) is 6.58. The Balaban J connectivity index is 1.39. The number of hydrogen-bond acceptors (Lipinski definition) is 4. The lowest BCUT2D eigenvalue weighted by Gasteiger charge is -2.26. The highest BCUT2D eigenvalue weighted by molar-refractivity contribution is 6.32. The van der Waals surface area contributed by atoms with Gasteiger partial charge in [0.1, 0.15) is 11.4 Å². The van der Waals surface area contributed by atoms with Gasteiger partial charge in [0.25, 0.3) is 5.91 Å². The molecule has 2 aromatic heterocycles. The first kappa shape index (κ1) is 30.7. The molecule has 2 heterocycles. The Morgan fingerprint density at radius 2 is 1.81 bits per heavy atom. The van der Waals surface area contributed by atoms with Gasteiger partial charge in [-0.2, -0.15) is 5.10 Å². The molecule has 1 amide bonds. The van der Waals surface area contributed by atoms with E-state index in [0.29, 0.717) is 38.1 Å². The number of aliphatic carboxylic acids is 1. The number of para-hydroxylation sites is 1. The summed E-state index contributed by atoms with van der Waals surface area (Å²) in [7, 11) is 1.94. The number of benzene rings is 2. The molecule has 0 atom stereocenters. The normalized spacial score (nSPS) is 16.9. The van der Waals surface area contributed by atoms with Gasteiger partial charge in [-0.3, -0.25) is 14.3 Å². The van der Waals surface area contributed by atoms with Crippen LogP contribution < -0.4 is 10.1 Å². The molecule has 1 aliphatic carbocycles. The first-order chi connectivity index (χ1) is 20.5. The predicted octanol–water partition coefficient (Wildman–Crippen LogP) is 7.09. The summed E-state index contributed by atoms with van der Waals surface area (Å²) in [5.74, 6) is -0.0533. The molecule has 1 fully saturated rings. The maximum absolute atomic E-state index is 13.7. The van der Waals surface area contributed by atoms with E-state index in [1.54, 1.807) is 0 Å². The molecule has 2 aromatic carbocycles. The van der Waals surface area contributed by atoms with Crippen molar-refractivity contribution < 1.29 is 19.4 Å². The molecular weight excluding hydrogens is 564 g/mol. The first-order valence-electron chi connectivity index (χ1n) is 15.1. The molecule has 0 spiro atoms. The van der Waals surface area contributed by atoms with Crippen LogP contribution >= 0.6 is 11.6 Å². The van der Waals surface area contributed by atoms with Gasteiger partial charge >= 0.3 is 5.97 Å². The Hall–Kier alpha value is -3.78. The minimum atomic E-state index is -0.717. The Morgan fingerprint density at radius 3 is 2.44 bits per heavy atom. The van der Waals surface area contributed by atoms with Crippen molar-refractivity contribution in [2.45, 2.75) is 66.2 Å². The fraction of sp³-hybridized carbons (Fsp3) is 0.441. The van der Waals surface area contributed by atoms with Crippen LogP contribution in [0.15, 0.2) is 30.3 Å². The number of carboxylic acid groups (broad SMARTS) is 1. The number of H-pyrrole nitrogens is 1. The molecule has 0 saturated heterocycles. The molecule has 43 heavy (non-hydrogen) atoms. The maximum Gasteiger partial charge on any atom is 0.306 e. The van der Waals surface area contributed by atoms with Gasteiger partial charge in [-0.25, -0.2) is 0 Å². The number of aromatic nitrogens is 3. The predicted molar refractivity (Wildman–Crippen MR) is 170 cm³/mol. The molecule has 8 nitrogen and oxygen atoms in total. The maximum atomic E-state index is 13.7. The Bertz CT molecular complexity index is 1640. The zero-order chi connectivity index (χ0) is 30.8. The Kier molecular flexibility index (Phi) is 9.16. The third-order valence-electron chi connectivity index (χ3n) is 8.94. The summed E-state index contributed by atoms with van der Waals surface area (Å²) in [5.41, 5.74) is 8.52. The molecule has 5 rings (SSSR count). The van der Waals surface area contributed by atoms with E-state index in [1.807, 2.05) is 50.7 Å². The van der Waals surface area contributed by atoms with Crippen LogP contribution in [0.25, 0.3) is 22.0 Å². The molecule has 1 aliphatic rings. The van der Waals surface area contributed by atoms with Crippen LogP contribution in [0.2, 0.25) is 5.02 Å². The quantitative estimate of drug-likeness (QED) is 0.167. The van der Waals surface area contributed by atoms with Crippen molar-refractivity contribution in [2.75, 3.05) is 13.2 Å². The summed E-state index contributed by atoms with van der Waals surface area (Å²) in [6.07, 6.45) is 4.32. The van der Waals surface area contributed by atoms with Crippen LogP contribution in [0, 0.1) is 39.5 Å². The van der Waals surface area contributed by atoms with E-state index in [1.165, 1.54) is 0 Å². The summed E-state index contributed by atoms with van der Waals surface area (Å²) in [6, 6.07) is 10.1. The van der Waals surface area contributed by atoms with Gasteiger partial charge in [-0.15, -0.1) is 0 Å². The van der Waals surface area contributed by atoms with Crippen molar-refractivity contribution in [2.24, 2.45) is 18.9 Å². The zero-order valence-corrected chi connectivity index (χ0v) is 26.4. The van der Waals surface area contributed by atoms with Crippen molar-refractivity contribution in [3.63, 3.8) is 0 Å². The van der Waals surface area contributed by atoms with Crippen LogP contribution in [0.1, 0.15) is 70.7 Å². The lowest BCUT2D eigenvalue weighted by Crippen LogP contribution is -2.33. The number of aromatic amines is 1. The smallest absolute Gasteiger partial charge is 0.306 e. The second kappa shape index (κ2) is 12.8. The number of ether oxygens (including phenoxy) is 1. The largest absolute Gasteiger partial charge is 0.494 e. The molecule has 0 radical (unpaired) electrons. The minimum Gasteiger partial charge on any atom is -0.494 e. The molecule has 3 N–H and O–H groups in total. The number of carboxylic acids is 1. The van der Waals surface area contributed by atoms with Gasteiger partial charge in [0.05, 0.1) is 23.7 Å². The summed E-state index contributed by atoms with van der Waals surface area (Å²) >= 11 is 6.33. The van der Waals surface area contributed by atoms with E-state index in [4.69, 9.17) is 16.3 Å². The highest BCUT2D eigenvalue weighted by Crippen LogP contribution is 2.36. The van der Waals surface area contributed by atoms with E-state index in [2.05, 4.69) is 34.5 Å². The highest BCUT2D eigenvalue weighted by atomic mass is 35.5. The van der Waals surface area contributed by atoms with Crippen molar-refractivity contribution in [1.29, 1.82) is 0 Å². The van der Waals surface area contributed by atoms with Crippen molar-refractivity contribution in [3.05, 3.63) is 69.1 Å². The molecule has 9 heteroatoms. The van der Waals surface area contributed by atoms with E-state index < -0.39 is 5.97 Å². The van der Waals surface area contributed by atoms with E-state index >= 15 is 0 Å². The van der Waals surface area contributed by atoms with Crippen molar-refractivity contribution in [3.8, 4) is 16.9 Å². The number of carbonyl (C=O) groups is 2. The van der Waals surface area contributed by atoms with Crippen molar-refractivity contribution >= 4 is 34.4 Å². The lowest BCUT2D eigenvalue weighted by atomic mass is 9.82. The molecular formula is C34H41ClN4O4. The average molecular weight is 605 g/mol. The summed E-state index contributed by atoms with van der Waals surface area (Å²) < 4.78 is 7.98. The SMILES string of the molecule is Cc1cc(OCCCc2c(C(=O)NCC3CCC(C(=O)O)CC3)[nH]c3c(-c4c(C)nn(C)c4C)cccc23)cc(C)c1Cl. The third kappa shape index (κ3) is 6.44. The molecule has 0 aliphatic heterocycles. The lowest BCUT2D eigenvalue weighted by molar-refractivity contribution is -0.143. The summed E-state index contributed by atoms with van der Waals surface area (Å²) in [5, 5.41) is 18.9. The van der Waals surface area contributed by atoms with E-state index in [9.17, 15) is 14.7 Å². The average Bonchev–Trinajstić information content (AvgIpc) is 3.48. The highest BCUT2D eigenvalue weighted by Gasteiger charge is 2.27. The van der Waals surface area contributed by atoms with Gasteiger partial charge in [0, 0.05) is 40.8 Å². The Morgan fingerprint density at radius 1 is 1.12 bits per heavy atom. The van der Waals surface area contributed by atoms with Gasteiger partial charge in [0.15, 0.2) is 0 Å². The van der Waals surface area contributed by atoms with Crippen LogP contribution in [-0.4, -0.2) is 44.9 Å². The van der Waals surface area contributed by atoms with Gasteiger partial charge in [-0.1, -0.05) is 29.8 Å². The van der Waals surface area contributed by atoms with E-state index in [-0.39, 0.29) is 17.7 Å². The fourth-order valence-electron chi connectivity index (χ4n) is 6.47. The number of amides is 1. The second-order valence-electron chi connectivity index (χ2n) is 12.0. The van der Waals surface area contributed by atoms with E-state index in [0.717, 1.165) is 80.1 Å². The third-order valence-corrected chi connectivity index (χ3v) is 9.54. The minimum absolute atomic E-state index is 0.137. The molecule has 0 unspecified atom stereocenters. The number of aryl methyl sites for hydroxylation is 5. The zero-order valence-electron chi connectivity index (χ0n) is 25.6. The van der Waals surface area contributed by atoms with Gasteiger partial charge in [-0.05, 0) is 101 Å². The number of nitrogens with zero attached hydrogens (tertiary/aromatic N) is 2. The Labute approximate surface area is 257 Å². The van der Waals surface area contributed by atoms with Crippen molar-refractivity contribution in [1.82, 2.24) is 20.1 Å². The standard InChI is InChI=1S/C34H41ClN4O4/c1-19-16-25(17-20(2)30(19)35)43-15-7-10-27-26-8-6-9-28(29-21(3)38-39(5)22(29)4)31(26)37-32(27)33(40)36-18-23-11-13-24(14-12-23)34(41)42/h6,8-9,16-17,23-24,37H,7,10-15,18H2,1-5H3,(H,36,40)(H,41,42). The molecule has 4 aromatic rings. The number of nitrogens with one attached hydrogen (secondary N) is 2. The van der Waals surface area contributed by atoms with Crippen LogP contribution in [-0.2, 0) is 18.3 Å². The summed E-state index contributed by atoms with van der Waals surface area (Å²) in [6.45, 7) is 9.05. The van der Waals surface area contributed by atoms with Gasteiger partial charge < -0.3 is 20.1 Å². The summed E-state index contributed by atoms with van der Waals surface area (Å²) in [4.78, 5) is 28.5. The number of fused-ring (bicyclic) bond motifs is 1. The van der Waals surface area contributed by atoms with Crippen LogP contribution in [0.4, 0.5) is 0 Å². The first-order valence-corrected chi connectivity index (χ1v) is 15.5. The molecule has 1 saturated carbocycles. The number of hydrogen-bond donors (Lipinski definition) is 3. The number of rotatable bonds is 10. The molecule has 0 bridgehead atoms. The van der Waals surface area contributed by atoms with Crippen LogP contribution in [0.5, 0.6) is 5.75 Å². The monoisotopic (exact) mass is 604 g/mol. The molecule has 228 valence electrons.